The zero-order valence-corrected chi connectivity index (χ0v) is 14.2. The van der Waals surface area contributed by atoms with E-state index in [1.165, 1.54) is 28.6 Å². The lowest BCUT2D eigenvalue weighted by atomic mass is 10.0. The van der Waals surface area contributed by atoms with Gasteiger partial charge in [0.2, 0.25) is 10.0 Å². The van der Waals surface area contributed by atoms with Crippen LogP contribution in [0, 0.1) is 10.1 Å². The second-order valence-corrected chi connectivity index (χ2v) is 8.31. The van der Waals surface area contributed by atoms with Gasteiger partial charge in [-0.15, -0.1) is 0 Å². The van der Waals surface area contributed by atoms with Gasteiger partial charge in [-0.3, -0.25) is 15.0 Å². The van der Waals surface area contributed by atoms with Crippen LogP contribution in [0.15, 0.2) is 29.2 Å². The maximum absolute atomic E-state index is 12.8. The van der Waals surface area contributed by atoms with Gasteiger partial charge in [0.25, 0.3) is 5.69 Å². The van der Waals surface area contributed by atoms with Crippen LogP contribution >= 0.6 is 0 Å². The van der Waals surface area contributed by atoms with E-state index >= 15 is 0 Å². The minimum atomic E-state index is -3.86. The summed E-state index contributed by atoms with van der Waals surface area (Å²) in [6.07, 6.45) is 2.59. The zero-order chi connectivity index (χ0) is 17.3. The average molecular weight is 354 g/mol. The molecular formula is C15H22N4O4S. The van der Waals surface area contributed by atoms with Gasteiger partial charge in [0.15, 0.2) is 4.90 Å². The van der Waals surface area contributed by atoms with Crippen molar-refractivity contribution in [1.82, 2.24) is 9.21 Å². The molecule has 1 unspecified atom stereocenters. The smallest absolute Gasteiger partial charge is 0.289 e. The number of hydrogen-bond donors (Lipinski definition) is 1. The molecule has 0 saturated carbocycles. The van der Waals surface area contributed by atoms with E-state index in [0.717, 1.165) is 32.4 Å². The van der Waals surface area contributed by atoms with Gasteiger partial charge in [-0.1, -0.05) is 12.1 Å². The summed E-state index contributed by atoms with van der Waals surface area (Å²) in [6, 6.07) is 5.91. The highest BCUT2D eigenvalue weighted by Crippen LogP contribution is 2.30. The Balaban J connectivity index is 1.76. The average Bonchev–Trinajstić information content (AvgIpc) is 3.06. The van der Waals surface area contributed by atoms with Crippen molar-refractivity contribution >= 4 is 15.7 Å². The molecule has 8 nitrogen and oxygen atoms in total. The van der Waals surface area contributed by atoms with Crippen LogP contribution in [-0.2, 0) is 10.0 Å². The van der Waals surface area contributed by atoms with Crippen LogP contribution in [0.5, 0.6) is 0 Å². The molecule has 0 amide bonds. The highest BCUT2D eigenvalue weighted by molar-refractivity contribution is 7.89. The molecule has 2 aliphatic heterocycles. The lowest BCUT2D eigenvalue weighted by Gasteiger charge is -2.34. The number of piperidine rings is 1. The Morgan fingerprint density at radius 2 is 1.79 bits per heavy atom. The van der Waals surface area contributed by atoms with Crippen molar-refractivity contribution in [2.75, 3.05) is 26.2 Å². The van der Waals surface area contributed by atoms with E-state index < -0.39 is 14.9 Å². The van der Waals surface area contributed by atoms with Gasteiger partial charge < -0.3 is 5.73 Å². The first kappa shape index (κ1) is 17.3. The van der Waals surface area contributed by atoms with Gasteiger partial charge in [-0.05, 0) is 38.4 Å². The molecule has 0 bridgehead atoms. The second kappa shape index (κ2) is 6.75. The molecule has 2 fully saturated rings. The molecule has 2 aliphatic rings. The minimum Gasteiger partial charge on any atom is -0.328 e. The molecular weight excluding hydrogens is 332 g/mol. The molecule has 2 N–H and O–H groups in total. The molecule has 1 aromatic rings. The molecule has 0 aromatic heterocycles. The van der Waals surface area contributed by atoms with Crippen molar-refractivity contribution < 1.29 is 13.3 Å². The van der Waals surface area contributed by atoms with Crippen LogP contribution < -0.4 is 5.73 Å². The summed E-state index contributed by atoms with van der Waals surface area (Å²) in [5, 5.41) is 11.1. The molecule has 9 heteroatoms. The van der Waals surface area contributed by atoms with E-state index in [-0.39, 0.29) is 22.7 Å². The molecule has 1 aromatic carbocycles. The van der Waals surface area contributed by atoms with E-state index in [9.17, 15) is 18.5 Å². The van der Waals surface area contributed by atoms with Gasteiger partial charge >= 0.3 is 0 Å². The van der Waals surface area contributed by atoms with Crippen molar-refractivity contribution in [3.8, 4) is 0 Å². The Kier molecular flexibility index (Phi) is 4.86. The number of para-hydroxylation sites is 1. The van der Waals surface area contributed by atoms with Gasteiger partial charge in [0.05, 0.1) is 4.92 Å². The zero-order valence-electron chi connectivity index (χ0n) is 13.4. The van der Waals surface area contributed by atoms with Crippen molar-refractivity contribution in [2.45, 2.75) is 36.2 Å². The number of nitrogens with two attached hydrogens (primary N) is 1. The summed E-state index contributed by atoms with van der Waals surface area (Å²) >= 11 is 0. The van der Waals surface area contributed by atoms with Crippen molar-refractivity contribution in [3.63, 3.8) is 0 Å². The number of likely N-dealkylation sites (tertiary alicyclic amines) is 1. The number of rotatable bonds is 4. The van der Waals surface area contributed by atoms with Crippen LogP contribution in [0.2, 0.25) is 0 Å². The Bertz CT molecular complexity index is 716. The lowest BCUT2D eigenvalue weighted by molar-refractivity contribution is -0.387. The van der Waals surface area contributed by atoms with E-state index in [4.69, 9.17) is 5.73 Å². The van der Waals surface area contributed by atoms with Crippen LogP contribution in [-0.4, -0.2) is 60.8 Å². The lowest BCUT2D eigenvalue weighted by Crippen LogP contribution is -2.46. The fourth-order valence-electron chi connectivity index (χ4n) is 3.48. The molecule has 0 spiro atoms. The predicted octanol–water partition coefficient (Wildman–Crippen LogP) is 0.781. The first-order chi connectivity index (χ1) is 11.4. The summed E-state index contributed by atoms with van der Waals surface area (Å²) in [5.41, 5.74) is 5.55. The summed E-state index contributed by atoms with van der Waals surface area (Å²) < 4.78 is 27.0. The van der Waals surface area contributed by atoms with Crippen LogP contribution in [0.4, 0.5) is 5.69 Å². The van der Waals surface area contributed by atoms with Crippen molar-refractivity contribution in [3.05, 3.63) is 34.4 Å². The monoisotopic (exact) mass is 354 g/mol. The number of hydrogen-bond acceptors (Lipinski definition) is 6. The Morgan fingerprint density at radius 3 is 2.46 bits per heavy atom. The molecule has 2 heterocycles. The van der Waals surface area contributed by atoms with E-state index in [1.54, 1.807) is 0 Å². The van der Waals surface area contributed by atoms with Gasteiger partial charge in [-0.2, -0.15) is 4.31 Å². The van der Waals surface area contributed by atoms with Gasteiger partial charge in [0.1, 0.15) is 0 Å². The maximum atomic E-state index is 12.8. The number of nitro benzene ring substituents is 1. The summed E-state index contributed by atoms with van der Waals surface area (Å²) in [7, 11) is -3.86. The Labute approximate surface area is 141 Å². The second-order valence-electron chi connectivity index (χ2n) is 6.40. The first-order valence-electron chi connectivity index (χ1n) is 8.13. The van der Waals surface area contributed by atoms with Crippen molar-refractivity contribution in [1.29, 1.82) is 0 Å². The third kappa shape index (κ3) is 3.30. The normalized spacial score (nSPS) is 24.3. The summed E-state index contributed by atoms with van der Waals surface area (Å²) in [4.78, 5) is 12.5. The fraction of sp³-hybridized carbons (Fsp3) is 0.600. The number of nitrogens with zero attached hydrogens (tertiary/aromatic N) is 3. The minimum absolute atomic E-state index is 0.162. The van der Waals surface area contributed by atoms with Crippen LogP contribution in [0.3, 0.4) is 0 Å². The number of benzene rings is 1. The van der Waals surface area contributed by atoms with Gasteiger partial charge in [0, 0.05) is 31.2 Å². The van der Waals surface area contributed by atoms with E-state index in [1.807, 2.05) is 0 Å². The predicted molar refractivity (Wildman–Crippen MR) is 89.0 cm³/mol. The molecule has 132 valence electrons. The number of nitro groups is 1. The molecule has 0 radical (unpaired) electrons. The Hall–Kier alpha value is -1.55. The molecule has 24 heavy (non-hydrogen) atoms. The third-order valence-electron chi connectivity index (χ3n) is 4.90. The first-order valence-corrected chi connectivity index (χ1v) is 9.57. The molecule has 3 rings (SSSR count). The highest BCUT2D eigenvalue weighted by Gasteiger charge is 2.38. The van der Waals surface area contributed by atoms with Gasteiger partial charge in [-0.25, -0.2) is 8.42 Å². The SMILES string of the molecule is NC1CCN(C2CCN(S(=O)(=O)c3ccccc3[N+](=O)[O-])C2)CC1. The van der Waals surface area contributed by atoms with E-state index in [2.05, 4.69) is 4.90 Å². The molecule has 2 saturated heterocycles. The van der Waals surface area contributed by atoms with Crippen molar-refractivity contribution in [2.24, 2.45) is 5.73 Å². The van der Waals surface area contributed by atoms with E-state index in [0.29, 0.717) is 13.1 Å². The standard InChI is InChI=1S/C15H22N4O4S/c16-12-5-8-17(9-6-12)13-7-10-18(11-13)24(22,23)15-4-2-1-3-14(15)19(20)21/h1-4,12-13H,5-11,16H2. The molecule has 0 aliphatic carbocycles. The Morgan fingerprint density at radius 1 is 1.12 bits per heavy atom. The highest BCUT2D eigenvalue weighted by atomic mass is 32.2. The van der Waals surface area contributed by atoms with Crippen LogP contribution in [0.25, 0.3) is 0 Å². The molecule has 1 atom stereocenters. The summed E-state index contributed by atoms with van der Waals surface area (Å²) in [5.74, 6) is 0. The van der Waals surface area contributed by atoms with Crippen LogP contribution in [0.1, 0.15) is 19.3 Å². The quantitative estimate of drug-likeness (QED) is 0.632. The summed E-state index contributed by atoms with van der Waals surface area (Å²) in [6.45, 7) is 2.53. The number of sulfonamides is 1. The topological polar surface area (TPSA) is 110 Å². The largest absolute Gasteiger partial charge is 0.328 e. The fourth-order valence-corrected chi connectivity index (χ4v) is 5.13. The third-order valence-corrected chi connectivity index (χ3v) is 6.81. The maximum Gasteiger partial charge on any atom is 0.289 e.